The molecular formula is C12H23NO. The summed E-state index contributed by atoms with van der Waals surface area (Å²) >= 11 is 0. The normalized spacial score (nSPS) is 44.1. The number of hydrogen-bond donors (Lipinski definition) is 1. The first-order valence-electron chi connectivity index (χ1n) is 6.11. The molecule has 1 saturated carbocycles. The van der Waals surface area contributed by atoms with Crippen molar-refractivity contribution in [3.63, 3.8) is 0 Å². The third kappa shape index (κ3) is 2.29. The summed E-state index contributed by atoms with van der Waals surface area (Å²) in [6.07, 6.45) is 5.11. The summed E-state index contributed by atoms with van der Waals surface area (Å²) in [5, 5.41) is 3.80. The van der Waals surface area contributed by atoms with E-state index in [1.54, 1.807) is 0 Å². The van der Waals surface area contributed by atoms with Crippen LogP contribution in [0.4, 0.5) is 0 Å². The summed E-state index contributed by atoms with van der Waals surface area (Å²) in [6.45, 7) is 6.65. The van der Waals surface area contributed by atoms with Crippen LogP contribution in [0.2, 0.25) is 0 Å². The van der Waals surface area contributed by atoms with Crippen LogP contribution in [0.15, 0.2) is 0 Å². The third-order valence-corrected chi connectivity index (χ3v) is 4.06. The van der Waals surface area contributed by atoms with Crippen LogP contribution < -0.4 is 5.32 Å². The monoisotopic (exact) mass is 197 g/mol. The Morgan fingerprint density at radius 1 is 1.14 bits per heavy atom. The van der Waals surface area contributed by atoms with Crippen molar-refractivity contribution in [1.29, 1.82) is 0 Å². The van der Waals surface area contributed by atoms with Crippen molar-refractivity contribution in [3.8, 4) is 0 Å². The molecule has 1 aliphatic heterocycles. The Kier molecular flexibility index (Phi) is 3.45. The molecule has 14 heavy (non-hydrogen) atoms. The van der Waals surface area contributed by atoms with Crippen molar-refractivity contribution < 1.29 is 4.74 Å². The van der Waals surface area contributed by atoms with Gasteiger partial charge in [-0.05, 0) is 37.5 Å². The van der Waals surface area contributed by atoms with Gasteiger partial charge < -0.3 is 10.1 Å². The SMILES string of the molecule is CC1CC(NC2CCCOCC2)C1C. The van der Waals surface area contributed by atoms with Gasteiger partial charge in [0.15, 0.2) is 0 Å². The van der Waals surface area contributed by atoms with Gasteiger partial charge in [-0.25, -0.2) is 0 Å². The predicted molar refractivity (Wildman–Crippen MR) is 58.3 cm³/mol. The van der Waals surface area contributed by atoms with E-state index in [2.05, 4.69) is 19.2 Å². The van der Waals surface area contributed by atoms with Gasteiger partial charge in [0.25, 0.3) is 0 Å². The summed E-state index contributed by atoms with van der Waals surface area (Å²) in [7, 11) is 0. The molecule has 2 rings (SSSR count). The van der Waals surface area contributed by atoms with E-state index >= 15 is 0 Å². The van der Waals surface area contributed by atoms with Gasteiger partial charge in [0.05, 0.1) is 0 Å². The Balaban J connectivity index is 1.73. The van der Waals surface area contributed by atoms with Crippen LogP contribution in [0, 0.1) is 11.8 Å². The predicted octanol–water partition coefficient (Wildman–Crippen LogP) is 2.19. The molecule has 0 aromatic rings. The van der Waals surface area contributed by atoms with E-state index in [1.807, 2.05) is 0 Å². The Hall–Kier alpha value is -0.0800. The van der Waals surface area contributed by atoms with Gasteiger partial charge in [-0.3, -0.25) is 0 Å². The Bertz CT molecular complexity index is 175. The second kappa shape index (κ2) is 4.63. The molecular weight excluding hydrogens is 174 g/mol. The van der Waals surface area contributed by atoms with E-state index in [9.17, 15) is 0 Å². The van der Waals surface area contributed by atoms with Crippen LogP contribution in [-0.4, -0.2) is 25.3 Å². The lowest BCUT2D eigenvalue weighted by atomic mass is 9.71. The highest BCUT2D eigenvalue weighted by Crippen LogP contribution is 2.34. The molecule has 0 amide bonds. The maximum Gasteiger partial charge on any atom is 0.0480 e. The van der Waals surface area contributed by atoms with Crippen LogP contribution in [0.3, 0.4) is 0 Å². The quantitative estimate of drug-likeness (QED) is 0.732. The van der Waals surface area contributed by atoms with Crippen LogP contribution in [0.1, 0.15) is 39.5 Å². The van der Waals surface area contributed by atoms with Gasteiger partial charge >= 0.3 is 0 Å². The molecule has 0 radical (unpaired) electrons. The standard InChI is InChI=1S/C12H23NO/c1-9-8-12(10(9)2)13-11-4-3-6-14-7-5-11/h9-13H,3-8H2,1-2H3. The molecule has 1 N–H and O–H groups in total. The zero-order valence-corrected chi connectivity index (χ0v) is 9.46. The first-order chi connectivity index (χ1) is 6.77. The molecule has 0 bridgehead atoms. The minimum atomic E-state index is 0.720. The second-order valence-electron chi connectivity index (χ2n) is 5.09. The lowest BCUT2D eigenvalue weighted by Gasteiger charge is -2.43. The maximum atomic E-state index is 5.47. The van der Waals surface area contributed by atoms with Crippen LogP contribution in [-0.2, 0) is 4.74 Å². The molecule has 2 nitrogen and oxygen atoms in total. The minimum absolute atomic E-state index is 0.720. The first-order valence-corrected chi connectivity index (χ1v) is 6.11. The van der Waals surface area contributed by atoms with Crippen molar-refractivity contribution in [3.05, 3.63) is 0 Å². The smallest absolute Gasteiger partial charge is 0.0480 e. The molecule has 4 unspecified atom stereocenters. The van der Waals surface area contributed by atoms with Crippen molar-refractivity contribution >= 4 is 0 Å². The Morgan fingerprint density at radius 2 is 2.00 bits per heavy atom. The van der Waals surface area contributed by atoms with Gasteiger partial charge in [0.2, 0.25) is 0 Å². The molecule has 2 fully saturated rings. The lowest BCUT2D eigenvalue weighted by Crippen LogP contribution is -2.51. The van der Waals surface area contributed by atoms with Gasteiger partial charge in [-0.15, -0.1) is 0 Å². The number of hydrogen-bond acceptors (Lipinski definition) is 2. The molecule has 1 aliphatic carbocycles. The molecule has 0 aromatic heterocycles. The largest absolute Gasteiger partial charge is 0.381 e. The second-order valence-corrected chi connectivity index (χ2v) is 5.09. The van der Waals surface area contributed by atoms with E-state index in [0.717, 1.165) is 37.1 Å². The zero-order valence-electron chi connectivity index (χ0n) is 9.46. The van der Waals surface area contributed by atoms with Crippen molar-refractivity contribution in [2.45, 2.75) is 51.6 Å². The summed E-state index contributed by atoms with van der Waals surface area (Å²) in [5.74, 6) is 1.80. The summed E-state index contributed by atoms with van der Waals surface area (Å²) in [4.78, 5) is 0. The zero-order chi connectivity index (χ0) is 9.97. The Morgan fingerprint density at radius 3 is 2.71 bits per heavy atom. The Labute approximate surface area is 87.4 Å². The average molecular weight is 197 g/mol. The highest BCUT2D eigenvalue weighted by Gasteiger charge is 2.35. The molecule has 1 saturated heterocycles. The molecule has 1 heterocycles. The van der Waals surface area contributed by atoms with E-state index in [0.29, 0.717) is 0 Å². The van der Waals surface area contributed by atoms with E-state index in [-0.39, 0.29) is 0 Å². The van der Waals surface area contributed by atoms with E-state index in [4.69, 9.17) is 4.74 Å². The highest BCUT2D eigenvalue weighted by molar-refractivity contribution is 4.91. The topological polar surface area (TPSA) is 21.3 Å². The molecule has 4 atom stereocenters. The van der Waals surface area contributed by atoms with Crippen LogP contribution >= 0.6 is 0 Å². The van der Waals surface area contributed by atoms with Gasteiger partial charge in [0.1, 0.15) is 0 Å². The highest BCUT2D eigenvalue weighted by atomic mass is 16.5. The summed E-state index contributed by atoms with van der Waals surface area (Å²) < 4.78 is 5.47. The molecule has 0 spiro atoms. The minimum Gasteiger partial charge on any atom is -0.381 e. The molecule has 2 heteroatoms. The number of ether oxygens (including phenoxy) is 1. The van der Waals surface area contributed by atoms with Crippen molar-refractivity contribution in [2.24, 2.45) is 11.8 Å². The lowest BCUT2D eigenvalue weighted by molar-refractivity contribution is 0.116. The van der Waals surface area contributed by atoms with Crippen molar-refractivity contribution in [1.82, 2.24) is 5.32 Å². The fourth-order valence-corrected chi connectivity index (χ4v) is 2.62. The third-order valence-electron chi connectivity index (χ3n) is 4.06. The fourth-order valence-electron chi connectivity index (χ4n) is 2.62. The average Bonchev–Trinajstić information content (AvgIpc) is 2.45. The number of rotatable bonds is 2. The molecule has 82 valence electrons. The van der Waals surface area contributed by atoms with Gasteiger partial charge in [0, 0.05) is 25.3 Å². The van der Waals surface area contributed by atoms with Crippen LogP contribution in [0.25, 0.3) is 0 Å². The first kappa shape index (κ1) is 10.4. The fraction of sp³-hybridized carbons (Fsp3) is 1.00. The number of nitrogens with one attached hydrogen (secondary N) is 1. The van der Waals surface area contributed by atoms with Crippen molar-refractivity contribution in [2.75, 3.05) is 13.2 Å². The summed E-state index contributed by atoms with van der Waals surface area (Å²) in [6, 6.07) is 1.51. The molecule has 2 aliphatic rings. The van der Waals surface area contributed by atoms with E-state index in [1.165, 1.54) is 25.7 Å². The molecule has 0 aromatic carbocycles. The maximum absolute atomic E-state index is 5.47. The van der Waals surface area contributed by atoms with Crippen LogP contribution in [0.5, 0.6) is 0 Å². The van der Waals surface area contributed by atoms with E-state index < -0.39 is 0 Å². The van der Waals surface area contributed by atoms with Gasteiger partial charge in [-0.2, -0.15) is 0 Å². The van der Waals surface area contributed by atoms with Gasteiger partial charge in [-0.1, -0.05) is 13.8 Å². The summed E-state index contributed by atoms with van der Waals surface area (Å²) in [5.41, 5.74) is 0.